The molecule has 4 nitrogen and oxygen atoms in total. The van der Waals surface area contributed by atoms with Crippen molar-refractivity contribution in [1.29, 1.82) is 0 Å². The Morgan fingerprint density at radius 1 is 1.38 bits per heavy atom. The maximum absolute atomic E-state index is 11.5. The second-order valence-corrected chi connectivity index (χ2v) is 4.80. The van der Waals surface area contributed by atoms with E-state index >= 15 is 0 Å². The van der Waals surface area contributed by atoms with Gasteiger partial charge in [-0.2, -0.15) is 0 Å². The first-order valence-electron chi connectivity index (χ1n) is 6.07. The Kier molecular flexibility index (Phi) is 4.93. The van der Waals surface area contributed by atoms with Crippen LogP contribution in [0.25, 0.3) is 0 Å². The van der Waals surface area contributed by atoms with Crippen molar-refractivity contribution in [3.05, 3.63) is 0 Å². The van der Waals surface area contributed by atoms with Crippen LogP contribution < -0.4 is 5.32 Å². The first-order chi connectivity index (χ1) is 7.54. The van der Waals surface area contributed by atoms with Crippen molar-refractivity contribution in [3.63, 3.8) is 0 Å². The quantitative estimate of drug-likeness (QED) is 0.724. The molecule has 0 aromatic rings. The molecule has 1 heterocycles. The molecule has 1 aliphatic rings. The van der Waals surface area contributed by atoms with Gasteiger partial charge in [-0.1, -0.05) is 20.8 Å². The largest absolute Gasteiger partial charge is 0.356 e. The first kappa shape index (κ1) is 13.2. The zero-order valence-electron chi connectivity index (χ0n) is 10.5. The summed E-state index contributed by atoms with van der Waals surface area (Å²) in [7, 11) is 0. The Hall–Kier alpha value is -0.900. The van der Waals surface area contributed by atoms with E-state index in [-0.39, 0.29) is 23.5 Å². The molecule has 0 radical (unpaired) electrons. The molecule has 0 spiro atoms. The van der Waals surface area contributed by atoms with Gasteiger partial charge < -0.3 is 5.32 Å². The number of carbonyl (C=O) groups is 2. The predicted molar refractivity (Wildman–Crippen MR) is 63.1 cm³/mol. The van der Waals surface area contributed by atoms with E-state index in [4.69, 9.17) is 0 Å². The predicted octanol–water partition coefficient (Wildman–Crippen LogP) is 0.669. The van der Waals surface area contributed by atoms with E-state index in [0.29, 0.717) is 6.54 Å². The van der Waals surface area contributed by atoms with Crippen molar-refractivity contribution in [1.82, 2.24) is 10.2 Å². The van der Waals surface area contributed by atoms with Gasteiger partial charge in [-0.15, -0.1) is 0 Å². The van der Waals surface area contributed by atoms with Crippen molar-refractivity contribution >= 4 is 11.7 Å². The molecule has 0 aromatic heterocycles. The highest BCUT2D eigenvalue weighted by molar-refractivity contribution is 5.83. The van der Waals surface area contributed by atoms with Gasteiger partial charge in [0, 0.05) is 25.6 Å². The van der Waals surface area contributed by atoms with Gasteiger partial charge in [0.2, 0.25) is 5.91 Å². The zero-order valence-corrected chi connectivity index (χ0v) is 10.5. The fourth-order valence-electron chi connectivity index (χ4n) is 1.66. The van der Waals surface area contributed by atoms with Crippen molar-refractivity contribution in [2.45, 2.75) is 27.2 Å². The number of hydrogen-bond acceptors (Lipinski definition) is 3. The van der Waals surface area contributed by atoms with E-state index in [9.17, 15) is 9.59 Å². The lowest BCUT2D eigenvalue weighted by molar-refractivity contribution is -0.133. The van der Waals surface area contributed by atoms with Crippen LogP contribution in [0.15, 0.2) is 0 Å². The summed E-state index contributed by atoms with van der Waals surface area (Å²) in [6.07, 6.45) is 0.966. The number of Topliss-reactive ketones (excluding diaryl/α,β-unsaturated/α-hetero) is 1. The number of ketones is 1. The minimum Gasteiger partial charge on any atom is -0.356 e. The van der Waals surface area contributed by atoms with Crippen LogP contribution in [0.1, 0.15) is 27.2 Å². The minimum atomic E-state index is 0.0894. The molecule has 1 rings (SSSR count). The highest BCUT2D eigenvalue weighted by Gasteiger charge is 2.33. The molecule has 1 fully saturated rings. The van der Waals surface area contributed by atoms with Gasteiger partial charge in [-0.05, 0) is 6.42 Å². The number of nitrogens with one attached hydrogen (secondary N) is 1. The van der Waals surface area contributed by atoms with Crippen LogP contribution in [0.4, 0.5) is 0 Å². The molecule has 1 amide bonds. The second-order valence-electron chi connectivity index (χ2n) is 4.80. The third kappa shape index (κ3) is 3.59. The number of nitrogens with zero attached hydrogens (tertiary/aromatic N) is 1. The summed E-state index contributed by atoms with van der Waals surface area (Å²) in [4.78, 5) is 25.0. The Morgan fingerprint density at radius 2 is 2.00 bits per heavy atom. The maximum Gasteiger partial charge on any atom is 0.225 e. The van der Waals surface area contributed by atoms with E-state index < -0.39 is 0 Å². The Labute approximate surface area is 97.4 Å². The molecule has 0 bridgehead atoms. The lowest BCUT2D eigenvalue weighted by atomic mass is 9.97. The van der Waals surface area contributed by atoms with Gasteiger partial charge in [0.15, 0.2) is 0 Å². The van der Waals surface area contributed by atoms with Crippen LogP contribution in [0, 0.1) is 11.8 Å². The summed E-state index contributed by atoms with van der Waals surface area (Å²) in [5, 5.41) is 2.88. The molecule has 1 saturated heterocycles. The smallest absolute Gasteiger partial charge is 0.225 e. The van der Waals surface area contributed by atoms with Crippen LogP contribution >= 0.6 is 0 Å². The molecular formula is C12H22N2O2. The lowest BCUT2D eigenvalue weighted by Gasteiger charge is -2.37. The van der Waals surface area contributed by atoms with Gasteiger partial charge in [0.25, 0.3) is 0 Å². The molecule has 0 saturated carbocycles. The van der Waals surface area contributed by atoms with E-state index in [1.165, 1.54) is 0 Å². The number of likely N-dealkylation sites (tertiary alicyclic amines) is 1. The minimum absolute atomic E-state index is 0.0894. The van der Waals surface area contributed by atoms with Crippen molar-refractivity contribution in [2.24, 2.45) is 11.8 Å². The Morgan fingerprint density at radius 3 is 2.50 bits per heavy atom. The van der Waals surface area contributed by atoms with Crippen LogP contribution in [0.5, 0.6) is 0 Å². The molecule has 16 heavy (non-hydrogen) atoms. The molecule has 92 valence electrons. The Bertz CT molecular complexity index is 258. The topological polar surface area (TPSA) is 49.4 Å². The third-order valence-electron chi connectivity index (χ3n) is 2.90. The molecule has 4 heteroatoms. The molecule has 0 unspecified atom stereocenters. The molecule has 1 N–H and O–H groups in total. The summed E-state index contributed by atoms with van der Waals surface area (Å²) in [5.41, 5.74) is 0. The molecular weight excluding hydrogens is 204 g/mol. The molecule has 0 aliphatic carbocycles. The summed E-state index contributed by atoms with van der Waals surface area (Å²) in [6, 6.07) is 0. The summed E-state index contributed by atoms with van der Waals surface area (Å²) in [6.45, 7) is 8.56. The normalized spacial score (nSPS) is 17.2. The van der Waals surface area contributed by atoms with Crippen LogP contribution in [0.3, 0.4) is 0 Å². The van der Waals surface area contributed by atoms with Crippen molar-refractivity contribution in [3.8, 4) is 0 Å². The summed E-state index contributed by atoms with van der Waals surface area (Å²) >= 11 is 0. The van der Waals surface area contributed by atoms with E-state index in [1.807, 2.05) is 25.7 Å². The highest BCUT2D eigenvalue weighted by Crippen LogP contribution is 2.15. The van der Waals surface area contributed by atoms with Gasteiger partial charge in [-0.3, -0.25) is 14.5 Å². The Balaban J connectivity index is 2.17. The van der Waals surface area contributed by atoms with E-state index in [1.54, 1.807) is 0 Å². The van der Waals surface area contributed by atoms with Gasteiger partial charge in [0.05, 0.1) is 12.5 Å². The highest BCUT2D eigenvalue weighted by atomic mass is 16.2. The molecule has 0 atom stereocenters. The van der Waals surface area contributed by atoms with Crippen LogP contribution in [-0.2, 0) is 9.59 Å². The van der Waals surface area contributed by atoms with Crippen LogP contribution in [-0.4, -0.2) is 42.8 Å². The fourth-order valence-corrected chi connectivity index (χ4v) is 1.66. The molecule has 0 aromatic carbocycles. The van der Waals surface area contributed by atoms with Gasteiger partial charge >= 0.3 is 0 Å². The monoisotopic (exact) mass is 226 g/mol. The lowest BCUT2D eigenvalue weighted by Crippen LogP contribution is -2.55. The van der Waals surface area contributed by atoms with E-state index in [2.05, 4.69) is 5.32 Å². The average molecular weight is 226 g/mol. The SMILES string of the molecule is CCCNC(=O)C1CN(CC(=O)C(C)C)C1. The zero-order chi connectivity index (χ0) is 12.1. The summed E-state index contributed by atoms with van der Waals surface area (Å²) < 4.78 is 0. The van der Waals surface area contributed by atoms with E-state index in [0.717, 1.165) is 26.1 Å². The number of hydrogen-bond donors (Lipinski definition) is 1. The number of amides is 1. The first-order valence-corrected chi connectivity index (χ1v) is 6.07. The van der Waals surface area contributed by atoms with Crippen molar-refractivity contribution in [2.75, 3.05) is 26.2 Å². The number of carbonyl (C=O) groups excluding carboxylic acids is 2. The molecule has 1 aliphatic heterocycles. The van der Waals surface area contributed by atoms with Crippen LogP contribution in [0.2, 0.25) is 0 Å². The van der Waals surface area contributed by atoms with Gasteiger partial charge in [0.1, 0.15) is 5.78 Å². The third-order valence-corrected chi connectivity index (χ3v) is 2.90. The average Bonchev–Trinajstić information content (AvgIpc) is 2.18. The van der Waals surface area contributed by atoms with Gasteiger partial charge in [-0.25, -0.2) is 0 Å². The summed E-state index contributed by atoms with van der Waals surface area (Å²) in [5.74, 6) is 0.571. The fraction of sp³-hybridized carbons (Fsp3) is 0.833. The second kappa shape index (κ2) is 5.99. The standard InChI is InChI=1S/C12H22N2O2/c1-4-5-13-12(16)10-6-14(7-10)8-11(15)9(2)3/h9-10H,4-8H2,1-3H3,(H,13,16). The maximum atomic E-state index is 11.5. The number of rotatable bonds is 6. The van der Waals surface area contributed by atoms with Crippen molar-refractivity contribution < 1.29 is 9.59 Å².